The van der Waals surface area contributed by atoms with Gasteiger partial charge in [-0.05, 0) is 13.0 Å². The Labute approximate surface area is 103 Å². The summed E-state index contributed by atoms with van der Waals surface area (Å²) in [5.74, 6) is 2.43. The average molecular weight is 249 g/mol. The van der Waals surface area contributed by atoms with Crippen molar-refractivity contribution in [3.8, 4) is 12.3 Å². The molecule has 18 heavy (non-hydrogen) atoms. The molecule has 7 heteroatoms. The third-order valence-corrected chi connectivity index (χ3v) is 2.21. The van der Waals surface area contributed by atoms with Crippen LogP contribution in [-0.2, 0) is 0 Å². The van der Waals surface area contributed by atoms with Crippen LogP contribution >= 0.6 is 0 Å². The van der Waals surface area contributed by atoms with Crippen LogP contribution in [0, 0.1) is 32.6 Å². The quantitative estimate of drug-likeness (QED) is 0.490. The summed E-state index contributed by atoms with van der Waals surface area (Å²) < 4.78 is 0. The van der Waals surface area contributed by atoms with Crippen LogP contribution in [0.2, 0.25) is 0 Å². The van der Waals surface area contributed by atoms with Gasteiger partial charge in [0.25, 0.3) is 11.4 Å². The van der Waals surface area contributed by atoms with E-state index in [1.165, 1.54) is 12.1 Å². The molecule has 0 fully saturated rings. The zero-order chi connectivity index (χ0) is 13.7. The lowest BCUT2D eigenvalue weighted by atomic mass is 10.2. The number of terminal acetylenes is 1. The fourth-order valence-corrected chi connectivity index (χ4v) is 1.40. The largest absolute Gasteiger partial charge is 0.376 e. The van der Waals surface area contributed by atoms with E-state index in [4.69, 9.17) is 6.42 Å². The molecule has 0 heterocycles. The third-order valence-electron chi connectivity index (χ3n) is 2.21. The Hall–Kier alpha value is -2.62. The van der Waals surface area contributed by atoms with Gasteiger partial charge in [-0.25, -0.2) is 0 Å². The van der Waals surface area contributed by atoms with E-state index in [0.717, 1.165) is 6.07 Å². The second-order valence-corrected chi connectivity index (χ2v) is 3.67. The highest BCUT2D eigenvalue weighted by molar-refractivity contribution is 5.65. The van der Waals surface area contributed by atoms with Crippen LogP contribution in [0.25, 0.3) is 0 Å². The summed E-state index contributed by atoms with van der Waals surface area (Å²) in [6, 6.07) is 3.28. The fourth-order valence-electron chi connectivity index (χ4n) is 1.40. The molecule has 1 unspecified atom stereocenters. The predicted octanol–water partition coefficient (Wildman–Crippen LogP) is 2.33. The first-order valence-corrected chi connectivity index (χ1v) is 5.08. The second kappa shape index (κ2) is 5.63. The molecule has 94 valence electrons. The lowest BCUT2D eigenvalue weighted by Crippen LogP contribution is -2.15. The number of non-ortho nitro benzene ring substituents is 1. The first-order valence-electron chi connectivity index (χ1n) is 5.08. The monoisotopic (exact) mass is 249 g/mol. The van der Waals surface area contributed by atoms with Gasteiger partial charge in [0.05, 0.1) is 15.9 Å². The number of nitro groups is 2. The summed E-state index contributed by atoms with van der Waals surface area (Å²) in [5.41, 5.74) is -0.446. The van der Waals surface area contributed by atoms with Crippen molar-refractivity contribution < 1.29 is 9.85 Å². The normalized spacial score (nSPS) is 11.3. The van der Waals surface area contributed by atoms with E-state index in [1.807, 2.05) is 0 Å². The Bertz CT molecular complexity index is 522. The van der Waals surface area contributed by atoms with Gasteiger partial charge in [-0.15, -0.1) is 12.3 Å². The van der Waals surface area contributed by atoms with Crippen molar-refractivity contribution in [2.24, 2.45) is 0 Å². The number of benzene rings is 1. The van der Waals surface area contributed by atoms with Gasteiger partial charge in [-0.2, -0.15) is 0 Å². The van der Waals surface area contributed by atoms with Crippen molar-refractivity contribution in [2.45, 2.75) is 19.4 Å². The summed E-state index contributed by atoms with van der Waals surface area (Å²) in [4.78, 5) is 20.0. The minimum Gasteiger partial charge on any atom is -0.376 e. The van der Waals surface area contributed by atoms with Gasteiger partial charge in [-0.3, -0.25) is 20.2 Å². The number of hydrogen-bond acceptors (Lipinski definition) is 5. The highest BCUT2D eigenvalue weighted by Crippen LogP contribution is 2.29. The summed E-state index contributed by atoms with van der Waals surface area (Å²) >= 11 is 0. The number of nitrogens with zero attached hydrogens (tertiary/aromatic N) is 2. The number of hydrogen-bond donors (Lipinski definition) is 1. The van der Waals surface area contributed by atoms with Gasteiger partial charge >= 0.3 is 0 Å². The maximum Gasteiger partial charge on any atom is 0.299 e. The van der Waals surface area contributed by atoms with Crippen molar-refractivity contribution in [3.63, 3.8) is 0 Å². The van der Waals surface area contributed by atoms with E-state index in [0.29, 0.717) is 6.42 Å². The maximum absolute atomic E-state index is 10.8. The van der Waals surface area contributed by atoms with Crippen molar-refractivity contribution >= 4 is 17.1 Å². The molecule has 1 aromatic rings. The number of rotatable bonds is 5. The fraction of sp³-hybridized carbons (Fsp3) is 0.273. The van der Waals surface area contributed by atoms with E-state index < -0.39 is 9.85 Å². The minimum absolute atomic E-state index is 0.157. The van der Waals surface area contributed by atoms with Gasteiger partial charge in [0.15, 0.2) is 0 Å². The number of anilines is 1. The Kier molecular flexibility index (Phi) is 4.21. The number of nitrogens with one attached hydrogen (secondary N) is 1. The van der Waals surface area contributed by atoms with E-state index in [-0.39, 0.29) is 23.1 Å². The van der Waals surface area contributed by atoms with Crippen molar-refractivity contribution in [3.05, 3.63) is 38.4 Å². The highest BCUT2D eigenvalue weighted by Gasteiger charge is 2.20. The van der Waals surface area contributed by atoms with Crippen LogP contribution < -0.4 is 5.32 Å². The molecule has 1 rings (SSSR count). The lowest BCUT2D eigenvalue weighted by Gasteiger charge is -2.12. The molecule has 0 amide bonds. The molecule has 0 aliphatic rings. The zero-order valence-corrected chi connectivity index (χ0v) is 9.62. The summed E-state index contributed by atoms with van der Waals surface area (Å²) in [6.07, 6.45) is 5.53. The molecule has 0 spiro atoms. The molecule has 1 atom stereocenters. The second-order valence-electron chi connectivity index (χ2n) is 3.67. The predicted molar refractivity (Wildman–Crippen MR) is 66.3 cm³/mol. The van der Waals surface area contributed by atoms with E-state index in [1.54, 1.807) is 6.92 Å². The van der Waals surface area contributed by atoms with Crippen LogP contribution in [0.5, 0.6) is 0 Å². The van der Waals surface area contributed by atoms with Crippen LogP contribution in [0.1, 0.15) is 13.3 Å². The van der Waals surface area contributed by atoms with Crippen molar-refractivity contribution in [1.82, 2.24) is 0 Å². The molecule has 0 saturated heterocycles. The minimum atomic E-state index is -0.679. The van der Waals surface area contributed by atoms with Crippen LogP contribution in [0.15, 0.2) is 18.2 Å². The first kappa shape index (κ1) is 13.4. The molecule has 0 bridgehead atoms. The molecular formula is C11H11N3O4. The standard InChI is InChI=1S/C11H11N3O4/c1-3-4-8(2)12-10-6-5-9(13(15)16)7-11(10)14(17)18/h1,5-8,12H,4H2,2H3. The Morgan fingerprint density at radius 3 is 2.56 bits per heavy atom. The van der Waals surface area contributed by atoms with E-state index >= 15 is 0 Å². The topological polar surface area (TPSA) is 98.3 Å². The van der Waals surface area contributed by atoms with Crippen molar-refractivity contribution in [1.29, 1.82) is 0 Å². The van der Waals surface area contributed by atoms with Gasteiger partial charge in [0, 0.05) is 18.5 Å². The molecule has 0 aliphatic heterocycles. The number of nitro benzene ring substituents is 2. The van der Waals surface area contributed by atoms with Crippen LogP contribution in [0.3, 0.4) is 0 Å². The summed E-state index contributed by atoms with van der Waals surface area (Å²) in [6.45, 7) is 1.77. The lowest BCUT2D eigenvalue weighted by molar-refractivity contribution is -0.393. The zero-order valence-electron chi connectivity index (χ0n) is 9.62. The molecule has 1 aromatic carbocycles. The smallest absolute Gasteiger partial charge is 0.299 e. The Morgan fingerprint density at radius 1 is 1.39 bits per heavy atom. The summed E-state index contributed by atoms with van der Waals surface area (Å²) in [7, 11) is 0. The van der Waals surface area contributed by atoms with Crippen molar-refractivity contribution in [2.75, 3.05) is 5.32 Å². The third kappa shape index (κ3) is 3.18. The average Bonchev–Trinajstić information content (AvgIpc) is 2.29. The maximum atomic E-state index is 10.8. The molecule has 0 aliphatic carbocycles. The molecule has 0 aromatic heterocycles. The highest BCUT2D eigenvalue weighted by atomic mass is 16.6. The van der Waals surface area contributed by atoms with Gasteiger partial charge in [0.2, 0.25) is 0 Å². The summed E-state index contributed by atoms with van der Waals surface area (Å²) in [5, 5.41) is 24.2. The van der Waals surface area contributed by atoms with Gasteiger partial charge in [-0.1, -0.05) is 0 Å². The van der Waals surface area contributed by atoms with Crippen LogP contribution in [0.4, 0.5) is 17.1 Å². The van der Waals surface area contributed by atoms with E-state index in [9.17, 15) is 20.2 Å². The molecule has 0 saturated carbocycles. The first-order chi connectivity index (χ1) is 8.45. The molecule has 0 radical (unpaired) electrons. The SMILES string of the molecule is C#CCC(C)Nc1ccc([N+](=O)[O-])cc1[N+](=O)[O-]. The van der Waals surface area contributed by atoms with Gasteiger partial charge < -0.3 is 5.32 Å². The van der Waals surface area contributed by atoms with Crippen LogP contribution in [-0.4, -0.2) is 15.9 Å². The Balaban J connectivity index is 3.08. The van der Waals surface area contributed by atoms with E-state index in [2.05, 4.69) is 11.2 Å². The Morgan fingerprint density at radius 2 is 2.06 bits per heavy atom. The molecule has 1 N–H and O–H groups in total. The molecule has 7 nitrogen and oxygen atoms in total. The molecular weight excluding hydrogens is 238 g/mol. The van der Waals surface area contributed by atoms with Gasteiger partial charge in [0.1, 0.15) is 5.69 Å².